The first-order valence-electron chi connectivity index (χ1n) is 5.56. The summed E-state index contributed by atoms with van der Waals surface area (Å²) in [5, 5.41) is 12.7. The molecule has 0 fully saturated rings. The van der Waals surface area contributed by atoms with Gasteiger partial charge in [0.15, 0.2) is 17.3 Å². The third kappa shape index (κ3) is 3.68. The number of nitrogens with zero attached hydrogens (tertiary/aromatic N) is 1. The lowest BCUT2D eigenvalue weighted by atomic mass is 10.2. The molecule has 0 aliphatic rings. The Morgan fingerprint density at radius 1 is 1.55 bits per heavy atom. The summed E-state index contributed by atoms with van der Waals surface area (Å²) < 4.78 is 31.3. The van der Waals surface area contributed by atoms with Crippen LogP contribution in [0.1, 0.15) is 6.42 Å². The van der Waals surface area contributed by atoms with E-state index < -0.39 is 39.9 Å². The molecule has 9 heteroatoms. The van der Waals surface area contributed by atoms with E-state index in [-0.39, 0.29) is 13.0 Å². The molecule has 0 saturated heterocycles. The van der Waals surface area contributed by atoms with Gasteiger partial charge in [-0.2, -0.15) is 0 Å². The van der Waals surface area contributed by atoms with Gasteiger partial charge in [-0.3, -0.25) is 14.9 Å². The summed E-state index contributed by atoms with van der Waals surface area (Å²) in [7, 11) is 1.40. The van der Waals surface area contributed by atoms with Crippen LogP contribution in [0.25, 0.3) is 0 Å². The van der Waals surface area contributed by atoms with Gasteiger partial charge in [0.25, 0.3) is 5.69 Å². The van der Waals surface area contributed by atoms with E-state index >= 15 is 0 Å². The molecule has 1 aromatic rings. The predicted octanol–water partition coefficient (Wildman–Crippen LogP) is 1.18. The van der Waals surface area contributed by atoms with E-state index in [0.717, 1.165) is 6.07 Å². The summed E-state index contributed by atoms with van der Waals surface area (Å²) in [6.45, 7) is 0.183. The van der Waals surface area contributed by atoms with Crippen LogP contribution in [0.4, 0.5) is 20.2 Å². The van der Waals surface area contributed by atoms with Crippen molar-refractivity contribution in [1.29, 1.82) is 0 Å². The van der Waals surface area contributed by atoms with E-state index in [9.17, 15) is 23.7 Å². The first-order chi connectivity index (χ1) is 9.38. The van der Waals surface area contributed by atoms with Crippen LogP contribution < -0.4 is 11.1 Å². The molecule has 1 rings (SSSR count). The first kappa shape index (κ1) is 15.9. The van der Waals surface area contributed by atoms with E-state index in [0.29, 0.717) is 6.07 Å². The number of hydrogen-bond acceptors (Lipinski definition) is 5. The van der Waals surface area contributed by atoms with Crippen molar-refractivity contribution in [3.05, 3.63) is 33.9 Å². The van der Waals surface area contributed by atoms with Crippen LogP contribution in [0.2, 0.25) is 0 Å². The third-order valence-corrected chi connectivity index (χ3v) is 2.49. The molecule has 0 aliphatic heterocycles. The van der Waals surface area contributed by atoms with Crippen molar-refractivity contribution in [1.82, 2.24) is 0 Å². The van der Waals surface area contributed by atoms with Crippen LogP contribution in [0.15, 0.2) is 12.1 Å². The highest BCUT2D eigenvalue weighted by Gasteiger charge is 2.25. The number of hydrogen-bond donors (Lipinski definition) is 2. The van der Waals surface area contributed by atoms with E-state index in [4.69, 9.17) is 10.5 Å². The topological polar surface area (TPSA) is 107 Å². The van der Waals surface area contributed by atoms with Gasteiger partial charge in [-0.1, -0.05) is 0 Å². The average molecular weight is 289 g/mol. The molecule has 110 valence electrons. The minimum atomic E-state index is -1.51. The van der Waals surface area contributed by atoms with Crippen LogP contribution in [-0.2, 0) is 9.53 Å². The van der Waals surface area contributed by atoms with E-state index in [1.54, 1.807) is 0 Å². The lowest BCUT2D eigenvalue weighted by Crippen LogP contribution is -2.37. The van der Waals surface area contributed by atoms with Crippen molar-refractivity contribution in [2.75, 3.05) is 19.0 Å². The van der Waals surface area contributed by atoms with Gasteiger partial charge in [0.05, 0.1) is 11.0 Å². The number of benzene rings is 1. The standard InChI is InChI=1S/C11H13F2N3O4/c1-20-5-4-7(14)11(17)15-10-8(16(18)19)3-2-6(12)9(10)13/h2-3,7H,4-5,14H2,1H3,(H,15,17). The van der Waals surface area contributed by atoms with Crippen molar-refractivity contribution < 1.29 is 23.2 Å². The van der Waals surface area contributed by atoms with E-state index in [2.05, 4.69) is 0 Å². The molecule has 20 heavy (non-hydrogen) atoms. The Morgan fingerprint density at radius 3 is 2.75 bits per heavy atom. The lowest BCUT2D eigenvalue weighted by molar-refractivity contribution is -0.384. The highest BCUT2D eigenvalue weighted by molar-refractivity contribution is 5.96. The maximum atomic E-state index is 13.5. The maximum Gasteiger partial charge on any atom is 0.296 e. The van der Waals surface area contributed by atoms with Gasteiger partial charge in [-0.05, 0) is 12.5 Å². The Bertz CT molecular complexity index is 525. The number of anilines is 1. The van der Waals surface area contributed by atoms with Crippen LogP contribution >= 0.6 is 0 Å². The highest BCUT2D eigenvalue weighted by atomic mass is 19.2. The number of ether oxygens (including phenoxy) is 1. The molecular weight excluding hydrogens is 276 g/mol. The fraction of sp³-hybridized carbons (Fsp3) is 0.364. The summed E-state index contributed by atoms with van der Waals surface area (Å²) >= 11 is 0. The van der Waals surface area contributed by atoms with Crippen molar-refractivity contribution in [2.45, 2.75) is 12.5 Å². The minimum Gasteiger partial charge on any atom is -0.385 e. The molecule has 0 heterocycles. The quantitative estimate of drug-likeness (QED) is 0.604. The summed E-state index contributed by atoms with van der Waals surface area (Å²) in [5.41, 5.74) is 3.89. The fourth-order valence-corrected chi connectivity index (χ4v) is 1.40. The minimum absolute atomic E-state index is 0.132. The van der Waals surface area contributed by atoms with Crippen molar-refractivity contribution in [3.8, 4) is 0 Å². The Morgan fingerprint density at radius 2 is 2.20 bits per heavy atom. The van der Waals surface area contributed by atoms with Gasteiger partial charge < -0.3 is 15.8 Å². The summed E-state index contributed by atoms with van der Waals surface area (Å²) in [4.78, 5) is 21.4. The molecule has 0 saturated carbocycles. The summed E-state index contributed by atoms with van der Waals surface area (Å²) in [6, 6.07) is 0.306. The largest absolute Gasteiger partial charge is 0.385 e. The van der Waals surface area contributed by atoms with E-state index in [1.165, 1.54) is 7.11 Å². The zero-order valence-electron chi connectivity index (χ0n) is 10.6. The van der Waals surface area contributed by atoms with Gasteiger partial charge >= 0.3 is 0 Å². The Hall–Kier alpha value is -2.13. The van der Waals surface area contributed by atoms with Crippen LogP contribution in [0.5, 0.6) is 0 Å². The smallest absolute Gasteiger partial charge is 0.296 e. The Labute approximate surface area is 112 Å². The molecule has 0 spiro atoms. The maximum absolute atomic E-state index is 13.5. The van der Waals surface area contributed by atoms with Crippen molar-refractivity contribution in [2.24, 2.45) is 5.73 Å². The van der Waals surface area contributed by atoms with Crippen molar-refractivity contribution >= 4 is 17.3 Å². The Balaban J connectivity index is 2.99. The Kier molecular flexibility index (Phi) is 5.47. The number of rotatable bonds is 6. The number of methoxy groups -OCH3 is 1. The fourth-order valence-electron chi connectivity index (χ4n) is 1.40. The van der Waals surface area contributed by atoms with Crippen LogP contribution in [0, 0.1) is 21.7 Å². The highest BCUT2D eigenvalue weighted by Crippen LogP contribution is 2.29. The number of carbonyl (C=O) groups excluding carboxylic acids is 1. The number of nitro groups is 1. The second-order valence-electron chi connectivity index (χ2n) is 3.89. The van der Waals surface area contributed by atoms with Gasteiger partial charge in [0, 0.05) is 19.8 Å². The number of amides is 1. The molecular formula is C11H13F2N3O4. The molecule has 0 radical (unpaired) electrons. The predicted molar refractivity (Wildman–Crippen MR) is 66.1 cm³/mol. The number of nitrogens with one attached hydrogen (secondary N) is 1. The molecule has 1 aromatic carbocycles. The SMILES string of the molecule is COCCC(N)C(=O)Nc1c([N+](=O)[O-])ccc(F)c1F. The van der Waals surface area contributed by atoms with Crippen LogP contribution in [-0.4, -0.2) is 30.6 Å². The molecule has 1 unspecified atom stereocenters. The van der Waals surface area contributed by atoms with Gasteiger partial charge in [-0.25, -0.2) is 8.78 Å². The number of carbonyl (C=O) groups is 1. The third-order valence-electron chi connectivity index (χ3n) is 2.49. The zero-order chi connectivity index (χ0) is 15.3. The second kappa shape index (κ2) is 6.87. The second-order valence-corrected chi connectivity index (χ2v) is 3.89. The van der Waals surface area contributed by atoms with E-state index in [1.807, 2.05) is 5.32 Å². The summed E-state index contributed by atoms with van der Waals surface area (Å²) in [6.07, 6.45) is 0.132. The van der Waals surface area contributed by atoms with Gasteiger partial charge in [0.2, 0.25) is 5.91 Å². The molecule has 7 nitrogen and oxygen atoms in total. The van der Waals surface area contributed by atoms with Crippen LogP contribution in [0.3, 0.4) is 0 Å². The van der Waals surface area contributed by atoms with Gasteiger partial charge in [0.1, 0.15) is 0 Å². The average Bonchev–Trinajstić information content (AvgIpc) is 2.40. The molecule has 0 bridgehead atoms. The summed E-state index contributed by atoms with van der Waals surface area (Å²) in [5.74, 6) is -3.68. The monoisotopic (exact) mass is 289 g/mol. The number of nitro benzene ring substituents is 1. The normalized spacial score (nSPS) is 12.0. The molecule has 0 aromatic heterocycles. The first-order valence-corrected chi connectivity index (χ1v) is 5.56. The molecule has 3 N–H and O–H groups in total. The molecule has 1 amide bonds. The molecule has 1 atom stereocenters. The van der Waals surface area contributed by atoms with Gasteiger partial charge in [-0.15, -0.1) is 0 Å². The number of halogens is 2. The lowest BCUT2D eigenvalue weighted by Gasteiger charge is -2.12. The zero-order valence-corrected chi connectivity index (χ0v) is 10.6. The molecule has 0 aliphatic carbocycles. The van der Waals surface area contributed by atoms with Crippen molar-refractivity contribution in [3.63, 3.8) is 0 Å². The number of nitrogens with two attached hydrogens (primary N) is 1.